The highest BCUT2D eigenvalue weighted by molar-refractivity contribution is 5.95. The van der Waals surface area contributed by atoms with Crippen LogP contribution in [0.4, 0.5) is 0 Å². The molecule has 30 heavy (non-hydrogen) atoms. The zero-order valence-electron chi connectivity index (χ0n) is 17.3. The van der Waals surface area contributed by atoms with E-state index in [0.717, 1.165) is 26.2 Å². The first kappa shape index (κ1) is 21.9. The van der Waals surface area contributed by atoms with E-state index in [9.17, 15) is 14.4 Å². The molecule has 2 aromatic heterocycles. The summed E-state index contributed by atoms with van der Waals surface area (Å²) in [6.07, 6.45) is 1.43. The molecule has 1 aliphatic rings. The monoisotopic (exact) mass is 420 g/mol. The summed E-state index contributed by atoms with van der Waals surface area (Å²) in [6, 6.07) is 1.47. The van der Waals surface area contributed by atoms with E-state index in [4.69, 9.17) is 9.47 Å². The summed E-state index contributed by atoms with van der Waals surface area (Å²) in [7, 11) is 1.60. The maximum Gasteiger partial charge on any atom is 0.343 e. The topological polar surface area (TPSA) is 121 Å². The fourth-order valence-electron chi connectivity index (χ4n) is 3.36. The Labute approximate surface area is 173 Å². The van der Waals surface area contributed by atoms with Gasteiger partial charge in [-0.15, -0.1) is 0 Å². The van der Waals surface area contributed by atoms with Crippen LogP contribution in [0.15, 0.2) is 17.1 Å². The number of aromatic nitrogens is 3. The van der Waals surface area contributed by atoms with Gasteiger partial charge in [0.25, 0.3) is 5.56 Å². The van der Waals surface area contributed by atoms with Gasteiger partial charge in [-0.2, -0.15) is 0 Å². The highest BCUT2D eigenvalue weighted by atomic mass is 16.5. The van der Waals surface area contributed by atoms with Crippen LogP contribution in [-0.2, 0) is 20.8 Å². The molecule has 164 valence electrons. The third-order valence-corrected chi connectivity index (χ3v) is 4.89. The minimum absolute atomic E-state index is 0.0143. The quantitative estimate of drug-likeness (QED) is 0.395. The van der Waals surface area contributed by atoms with Gasteiger partial charge in [-0.1, -0.05) is 0 Å². The summed E-state index contributed by atoms with van der Waals surface area (Å²) in [5.74, 6) is -0.530. The number of hydrogen-bond donors (Lipinski definition) is 2. The average Bonchev–Trinajstić information content (AvgIpc) is 3.14. The largest absolute Gasteiger partial charge is 0.462 e. The highest BCUT2D eigenvalue weighted by Gasteiger charge is 2.21. The highest BCUT2D eigenvalue weighted by Crippen LogP contribution is 2.11. The summed E-state index contributed by atoms with van der Waals surface area (Å²) in [5, 5.41) is 5.56. The Balaban J connectivity index is 1.58. The molecule has 2 N–H and O–H groups in total. The molecule has 1 saturated heterocycles. The molecular weight excluding hydrogens is 392 g/mol. The number of ether oxygens (including phenoxy) is 2. The number of aromatic amines is 1. The fourth-order valence-corrected chi connectivity index (χ4v) is 3.36. The molecule has 11 nitrogen and oxygen atoms in total. The first-order chi connectivity index (χ1) is 14.5. The molecular formula is C19H28N6O5. The summed E-state index contributed by atoms with van der Waals surface area (Å²) >= 11 is 0. The minimum atomic E-state index is -0.516. The Morgan fingerprint density at radius 2 is 1.97 bits per heavy atom. The summed E-state index contributed by atoms with van der Waals surface area (Å²) in [5.41, 5.74) is 0.815. The number of hydrogen-bond acceptors (Lipinski definition) is 8. The predicted molar refractivity (Wildman–Crippen MR) is 108 cm³/mol. The summed E-state index contributed by atoms with van der Waals surface area (Å²) < 4.78 is 11.2. The molecule has 1 fully saturated rings. The van der Waals surface area contributed by atoms with Crippen molar-refractivity contribution in [3.05, 3.63) is 33.9 Å². The number of fused-ring (bicyclic) bond motifs is 1. The van der Waals surface area contributed by atoms with E-state index in [2.05, 4.69) is 25.2 Å². The molecule has 3 heterocycles. The minimum Gasteiger partial charge on any atom is -0.462 e. The molecule has 0 spiro atoms. The number of methoxy groups -OCH3 is 1. The van der Waals surface area contributed by atoms with Gasteiger partial charge in [0, 0.05) is 58.6 Å². The lowest BCUT2D eigenvalue weighted by atomic mass is 10.2. The normalized spacial score (nSPS) is 15.4. The van der Waals surface area contributed by atoms with Crippen molar-refractivity contribution in [2.75, 3.05) is 59.6 Å². The van der Waals surface area contributed by atoms with Crippen molar-refractivity contribution in [1.29, 1.82) is 0 Å². The predicted octanol–water partition coefficient (Wildman–Crippen LogP) is -0.920. The molecule has 1 amide bonds. The number of rotatable bonds is 9. The molecule has 0 atom stereocenters. The van der Waals surface area contributed by atoms with E-state index < -0.39 is 5.97 Å². The van der Waals surface area contributed by atoms with Crippen molar-refractivity contribution < 1.29 is 19.1 Å². The van der Waals surface area contributed by atoms with Crippen LogP contribution in [0.25, 0.3) is 5.65 Å². The third kappa shape index (κ3) is 5.43. The number of carbonyl (C=O) groups is 2. The second kappa shape index (κ2) is 10.3. The van der Waals surface area contributed by atoms with Gasteiger partial charge in [0.1, 0.15) is 5.56 Å². The molecule has 0 aliphatic carbocycles. The lowest BCUT2D eigenvalue weighted by Gasteiger charge is -2.34. The zero-order chi connectivity index (χ0) is 21.5. The van der Waals surface area contributed by atoms with Crippen LogP contribution in [0.2, 0.25) is 0 Å². The average molecular weight is 420 g/mol. The Morgan fingerprint density at radius 1 is 1.23 bits per heavy atom. The molecule has 11 heteroatoms. The lowest BCUT2D eigenvalue weighted by Crippen LogP contribution is -2.49. The molecule has 0 unspecified atom stereocenters. The van der Waals surface area contributed by atoms with Gasteiger partial charge in [0.05, 0.1) is 25.5 Å². The fraction of sp³-hybridized carbons (Fsp3) is 0.579. The summed E-state index contributed by atoms with van der Waals surface area (Å²) in [4.78, 5) is 45.2. The van der Waals surface area contributed by atoms with Crippen molar-refractivity contribution in [2.24, 2.45) is 0 Å². The first-order valence-corrected chi connectivity index (χ1v) is 9.99. The van der Waals surface area contributed by atoms with Gasteiger partial charge in [-0.05, 0) is 6.92 Å². The van der Waals surface area contributed by atoms with Crippen LogP contribution >= 0.6 is 0 Å². The molecule has 0 bridgehead atoms. The van der Waals surface area contributed by atoms with Gasteiger partial charge in [-0.3, -0.25) is 24.5 Å². The van der Waals surface area contributed by atoms with Gasteiger partial charge in [-0.25, -0.2) is 14.3 Å². The van der Waals surface area contributed by atoms with Crippen LogP contribution in [-0.4, -0.2) is 95.9 Å². The smallest absolute Gasteiger partial charge is 0.343 e. The van der Waals surface area contributed by atoms with Crippen LogP contribution in [0, 0.1) is 0 Å². The van der Waals surface area contributed by atoms with E-state index in [1.807, 2.05) is 0 Å². The number of carbonyl (C=O) groups excluding carboxylic acids is 2. The Hall–Kier alpha value is -2.76. The number of nitrogens with zero attached hydrogens (tertiary/aromatic N) is 4. The van der Waals surface area contributed by atoms with Gasteiger partial charge in [0.15, 0.2) is 5.65 Å². The maximum absolute atomic E-state index is 12.4. The van der Waals surface area contributed by atoms with E-state index in [0.29, 0.717) is 31.9 Å². The number of esters is 1. The van der Waals surface area contributed by atoms with E-state index in [-0.39, 0.29) is 29.3 Å². The zero-order valence-corrected chi connectivity index (χ0v) is 17.3. The van der Waals surface area contributed by atoms with Crippen molar-refractivity contribution in [3.8, 4) is 0 Å². The molecule has 0 aromatic carbocycles. The van der Waals surface area contributed by atoms with Crippen LogP contribution in [0.1, 0.15) is 23.0 Å². The number of nitrogens with one attached hydrogen (secondary N) is 2. The van der Waals surface area contributed by atoms with Gasteiger partial charge < -0.3 is 14.8 Å². The molecule has 1 aliphatic heterocycles. The molecule has 0 saturated carbocycles. The van der Waals surface area contributed by atoms with Gasteiger partial charge in [0.2, 0.25) is 5.91 Å². The third-order valence-electron chi connectivity index (χ3n) is 4.89. The SMILES string of the molecule is CCOC(=O)c1c[nH]n2c(=O)cc(CN3CCN(CC(=O)NCCOC)CC3)nc12. The van der Waals surface area contributed by atoms with Gasteiger partial charge >= 0.3 is 5.97 Å². The first-order valence-electron chi connectivity index (χ1n) is 9.99. The maximum atomic E-state index is 12.4. The van der Waals surface area contributed by atoms with Crippen LogP contribution < -0.4 is 10.9 Å². The van der Waals surface area contributed by atoms with Crippen LogP contribution in [0.5, 0.6) is 0 Å². The molecule has 0 radical (unpaired) electrons. The number of H-pyrrole nitrogens is 1. The second-order valence-electron chi connectivity index (χ2n) is 7.05. The van der Waals surface area contributed by atoms with Crippen LogP contribution in [0.3, 0.4) is 0 Å². The van der Waals surface area contributed by atoms with E-state index in [1.54, 1.807) is 14.0 Å². The van der Waals surface area contributed by atoms with Crippen molar-refractivity contribution in [1.82, 2.24) is 29.7 Å². The Kier molecular flexibility index (Phi) is 7.55. The Bertz CT molecular complexity index is 931. The second-order valence-corrected chi connectivity index (χ2v) is 7.05. The summed E-state index contributed by atoms with van der Waals surface area (Å²) in [6.45, 7) is 6.82. The molecule has 3 rings (SSSR count). The van der Waals surface area contributed by atoms with Crippen molar-refractivity contribution >= 4 is 17.5 Å². The molecule has 2 aromatic rings. The van der Waals surface area contributed by atoms with Crippen molar-refractivity contribution in [3.63, 3.8) is 0 Å². The standard InChI is InChI=1S/C19H28N6O5/c1-3-30-19(28)15-11-21-25-17(27)10-14(22-18(15)25)12-23-5-7-24(8-6-23)13-16(26)20-4-9-29-2/h10-11,21H,3-9,12-13H2,1-2H3,(H,20,26). The number of piperazine rings is 1. The van der Waals surface area contributed by atoms with Crippen molar-refractivity contribution in [2.45, 2.75) is 13.5 Å². The Morgan fingerprint density at radius 3 is 2.67 bits per heavy atom. The van der Waals surface area contributed by atoms with E-state index in [1.165, 1.54) is 16.8 Å². The number of amides is 1. The lowest BCUT2D eigenvalue weighted by molar-refractivity contribution is -0.122. The van der Waals surface area contributed by atoms with E-state index >= 15 is 0 Å².